The molecule has 5 aromatic rings. The molecule has 0 saturated heterocycles. The number of aromatic nitrogens is 1. The van der Waals surface area contributed by atoms with E-state index in [-0.39, 0.29) is 24.7 Å². The van der Waals surface area contributed by atoms with Gasteiger partial charge in [-0.05, 0) is 118 Å². The number of unbranched alkanes of at least 4 members (excludes halogenated alkanes) is 1. The Kier molecular flexibility index (Phi) is 14.2. The molecule has 3 N–H and O–H groups in total. The average Bonchev–Trinajstić information content (AvgIpc) is 3.99. The maximum Gasteiger partial charge on any atom is 0.678 e. The smallest absolute Gasteiger partial charge is 0.490 e. The van der Waals surface area contributed by atoms with Crippen LogP contribution in [0.25, 0.3) is 33.5 Å². The van der Waals surface area contributed by atoms with E-state index in [1.165, 1.54) is 11.3 Å². The number of ether oxygens (including phenoxy) is 2. The molecule has 3 aromatic carbocycles. The van der Waals surface area contributed by atoms with Gasteiger partial charge in [-0.25, -0.2) is 4.99 Å². The van der Waals surface area contributed by atoms with E-state index in [1.54, 1.807) is 24.3 Å². The largest absolute Gasteiger partial charge is 0.678 e. The molecule has 0 bridgehead atoms. The minimum Gasteiger partial charge on any atom is -0.490 e. The quantitative estimate of drug-likeness (QED) is 0.0538. The van der Waals surface area contributed by atoms with Crippen LogP contribution in [0.5, 0.6) is 11.5 Å². The van der Waals surface area contributed by atoms with E-state index >= 15 is 0 Å². The first-order chi connectivity index (χ1) is 27.8. The van der Waals surface area contributed by atoms with Crippen LogP contribution in [0.15, 0.2) is 125 Å². The first kappa shape index (κ1) is 42.3. The number of benzene rings is 3. The van der Waals surface area contributed by atoms with Crippen LogP contribution in [-0.4, -0.2) is 65.5 Å². The van der Waals surface area contributed by atoms with Crippen LogP contribution in [0.1, 0.15) is 64.6 Å². The van der Waals surface area contributed by atoms with Crippen LogP contribution in [0, 0.1) is 0 Å². The summed E-state index contributed by atoms with van der Waals surface area (Å²) < 4.78 is 40.7. The van der Waals surface area contributed by atoms with Gasteiger partial charge < -0.3 is 29.7 Å². The number of hydrogen-bond acceptors (Lipinski definition) is 7. The van der Waals surface area contributed by atoms with E-state index in [1.807, 2.05) is 116 Å². The van der Waals surface area contributed by atoms with Gasteiger partial charge in [-0.1, -0.05) is 73.5 Å². The number of aliphatic hydroxyl groups is 1. The Labute approximate surface area is 344 Å². The average molecular weight is 805 g/mol. The molecule has 0 spiro atoms. The number of aliphatic hydroxyl groups excluding tert-OH is 1. The highest BCUT2D eigenvalue weighted by Crippen LogP contribution is 2.30. The van der Waals surface area contributed by atoms with Gasteiger partial charge in [0.15, 0.2) is 6.61 Å². The molecule has 1 aliphatic heterocycles. The van der Waals surface area contributed by atoms with Gasteiger partial charge in [0, 0.05) is 33.6 Å². The molecular weight excluding hydrogens is 753 g/mol. The highest BCUT2D eigenvalue weighted by molar-refractivity contribution is 7.13. The van der Waals surface area contributed by atoms with Crippen molar-refractivity contribution in [2.45, 2.75) is 70.6 Å². The number of β-amino-alcohol motifs (C(OH)–C–C–N with tert-alkyl or cyclic N) is 1. The Hall–Kier alpha value is -5.30. The summed E-state index contributed by atoms with van der Waals surface area (Å²) in [4.78, 5) is 18.1. The lowest BCUT2D eigenvalue weighted by Crippen LogP contribution is -2.46. The summed E-state index contributed by atoms with van der Waals surface area (Å²) in [5, 5.41) is 21.2. The molecule has 0 radical (unpaired) electrons. The first-order valence-corrected chi connectivity index (χ1v) is 20.5. The highest BCUT2D eigenvalue weighted by atomic mass is 32.1. The molecule has 1 aliphatic rings. The van der Waals surface area contributed by atoms with Crippen LogP contribution < -0.4 is 20.1 Å². The Morgan fingerprint density at radius 3 is 2.41 bits per heavy atom. The van der Waals surface area contributed by atoms with Crippen molar-refractivity contribution in [1.29, 1.82) is 0 Å². The van der Waals surface area contributed by atoms with Crippen molar-refractivity contribution in [2.75, 3.05) is 19.8 Å². The second-order valence-corrected chi connectivity index (χ2v) is 16.7. The van der Waals surface area contributed by atoms with E-state index in [0.29, 0.717) is 35.1 Å². The van der Waals surface area contributed by atoms with Gasteiger partial charge in [0.25, 0.3) is 5.91 Å². The van der Waals surface area contributed by atoms with E-state index in [2.05, 4.69) is 29.5 Å². The minimum absolute atomic E-state index is 0.0947. The summed E-state index contributed by atoms with van der Waals surface area (Å²) in [6, 6.07) is 28.4. The number of nitrogens with one attached hydrogen (secondary N) is 2. The van der Waals surface area contributed by atoms with Crippen LogP contribution in [0.3, 0.4) is 0 Å². The lowest BCUT2D eigenvalue weighted by molar-refractivity contribution is -0.124. The Bertz CT molecular complexity index is 2260. The molecule has 0 fully saturated rings. The zero-order chi connectivity index (χ0) is 41.1. The highest BCUT2D eigenvalue weighted by Gasteiger charge is 2.25. The molecule has 58 heavy (non-hydrogen) atoms. The Morgan fingerprint density at radius 2 is 1.66 bits per heavy atom. The number of fused-ring (bicyclic) bond motifs is 1. The molecule has 8 nitrogen and oxygen atoms in total. The number of rotatable bonds is 20. The zero-order valence-corrected chi connectivity index (χ0v) is 34.3. The van der Waals surface area contributed by atoms with Gasteiger partial charge in [-0.3, -0.25) is 13.4 Å². The molecule has 3 heterocycles. The molecule has 0 unspecified atom stereocenters. The van der Waals surface area contributed by atoms with Crippen LogP contribution in [0.2, 0.25) is 0 Å². The predicted molar refractivity (Wildman–Crippen MR) is 235 cm³/mol. The predicted octanol–water partition coefficient (Wildman–Crippen LogP) is 9.85. The van der Waals surface area contributed by atoms with E-state index < -0.39 is 19.0 Å². The second kappa shape index (κ2) is 19.4. The number of halogens is 2. The van der Waals surface area contributed by atoms with Crippen LogP contribution in [0.4, 0.5) is 8.63 Å². The third kappa shape index (κ3) is 12.1. The monoisotopic (exact) mass is 804 g/mol. The molecule has 302 valence electrons. The lowest BCUT2D eigenvalue weighted by Gasteiger charge is -2.30. The first-order valence-electron chi connectivity index (χ1n) is 19.6. The molecule has 0 aliphatic carbocycles. The third-order valence-electron chi connectivity index (χ3n) is 9.92. The van der Waals surface area contributed by atoms with Gasteiger partial charge in [-0.15, -0.1) is 11.3 Å². The van der Waals surface area contributed by atoms with Crippen molar-refractivity contribution >= 4 is 53.3 Å². The molecule has 0 saturated carbocycles. The van der Waals surface area contributed by atoms with Gasteiger partial charge in [0.2, 0.25) is 0 Å². The topological polar surface area (TPSA) is 97.1 Å². The molecular formula is C46H51BF2N4O4S. The van der Waals surface area contributed by atoms with E-state index in [4.69, 9.17) is 9.47 Å². The fourth-order valence-corrected chi connectivity index (χ4v) is 7.56. The van der Waals surface area contributed by atoms with Crippen molar-refractivity contribution in [3.05, 3.63) is 132 Å². The third-order valence-corrected chi connectivity index (χ3v) is 10.8. The molecule has 6 rings (SSSR count). The maximum atomic E-state index is 14.0. The summed E-state index contributed by atoms with van der Waals surface area (Å²) in [5.41, 5.74) is 2.51. The second-order valence-electron chi connectivity index (χ2n) is 15.7. The normalized spacial score (nSPS) is 14.3. The molecule has 2 aromatic heterocycles. The number of carbonyl (C=O) groups is 1. The Balaban J connectivity index is 0.877. The summed E-state index contributed by atoms with van der Waals surface area (Å²) >= 11 is 1.42. The molecule has 1 atom stereocenters. The minimum atomic E-state index is -2.67. The van der Waals surface area contributed by atoms with Crippen molar-refractivity contribution in [3.63, 3.8) is 0 Å². The zero-order valence-electron chi connectivity index (χ0n) is 33.5. The maximum absolute atomic E-state index is 14.0. The number of hydrogen-bond donors (Lipinski definition) is 3. The number of nitrogens with zero attached hydrogens (tertiary/aromatic N) is 2. The van der Waals surface area contributed by atoms with Crippen LogP contribution >= 0.6 is 11.3 Å². The summed E-state index contributed by atoms with van der Waals surface area (Å²) in [7, 11) is -2.67. The fourth-order valence-electron chi connectivity index (χ4n) is 6.81. The molecule has 12 heteroatoms. The van der Waals surface area contributed by atoms with Gasteiger partial charge in [-0.2, -0.15) is 0 Å². The number of thiophene rings is 1. The Morgan fingerprint density at radius 1 is 0.897 bits per heavy atom. The number of allylic oxidation sites excluding steroid dienone is 3. The van der Waals surface area contributed by atoms with Crippen molar-refractivity contribution in [3.8, 4) is 22.1 Å². The number of carbonyl (C=O) groups excluding carboxylic acids is 1. The molecule has 1 amide bonds. The fraction of sp³-hybridized carbons (Fsp3) is 0.304. The number of aliphatic imine (C=N–C) groups is 1. The van der Waals surface area contributed by atoms with Gasteiger partial charge in [0.1, 0.15) is 24.2 Å². The summed E-state index contributed by atoms with van der Waals surface area (Å²) in [5.74, 6) is 1.16. The van der Waals surface area contributed by atoms with Crippen molar-refractivity contribution < 1.29 is 28.0 Å². The van der Waals surface area contributed by atoms with E-state index in [0.717, 1.165) is 57.1 Å². The van der Waals surface area contributed by atoms with Crippen molar-refractivity contribution in [2.24, 2.45) is 4.99 Å². The van der Waals surface area contributed by atoms with Crippen molar-refractivity contribution in [1.82, 2.24) is 15.1 Å². The van der Waals surface area contributed by atoms with E-state index in [9.17, 15) is 18.5 Å². The summed E-state index contributed by atoms with van der Waals surface area (Å²) in [6.07, 6.45) is 12.1. The lowest BCUT2D eigenvalue weighted by atomic mass is 9.92. The standard InChI is InChI=1S/C46H51BF2N4O4S/c1-45(2,50-30-38(54)31-57-42-14-9-12-34-11-5-6-13-40(34)42)26-7-8-27-46(3,4)52-44(55)32-56-39-23-17-33(18-24-39)16-19-35-20-21-36(51-35)29-37-22-25-41(53(37)47(48)49)43-15-10-28-58-43/h5-6,9-25,28-29,38,50,54H,7-8,26-27,30-32H2,1-4H3,(H,52,55)/b19-16+,36-29-/t38-/m0/s1. The van der Waals surface area contributed by atoms with Crippen LogP contribution in [-0.2, 0) is 4.79 Å². The number of amides is 1. The SMILES string of the molecule is CC(C)(CCCCC(C)(C)NC(=O)COc1ccc(/C=C/C2=NC(=C\c3ccc(-c4cccs4)n3B(F)F)/C=C2)cc1)NC[C@H](O)COc1cccc2ccccc12. The van der Waals surface area contributed by atoms with Gasteiger partial charge >= 0.3 is 7.40 Å². The summed E-state index contributed by atoms with van der Waals surface area (Å²) in [6.45, 7) is 8.85. The van der Waals surface area contributed by atoms with Gasteiger partial charge in [0.05, 0.1) is 17.1 Å².